The van der Waals surface area contributed by atoms with Crippen molar-refractivity contribution < 1.29 is 4.79 Å². The van der Waals surface area contributed by atoms with Crippen molar-refractivity contribution in [3.63, 3.8) is 0 Å². The van der Waals surface area contributed by atoms with Crippen LogP contribution in [0.4, 0.5) is 0 Å². The highest BCUT2D eigenvalue weighted by Crippen LogP contribution is 2.19. The SMILES string of the molecule is Cc1ccc2nc3c(cc(C(=O)NC4CCCC4)c(=N)n3C(C)C)c(=O)n2c1. The van der Waals surface area contributed by atoms with Crippen LogP contribution in [0.2, 0.25) is 0 Å². The van der Waals surface area contributed by atoms with Gasteiger partial charge in [-0.3, -0.25) is 19.4 Å². The molecule has 1 aliphatic carbocycles. The molecule has 0 unspecified atom stereocenters. The number of carbonyl (C=O) groups excluding carboxylic acids is 1. The summed E-state index contributed by atoms with van der Waals surface area (Å²) in [7, 11) is 0. The van der Waals surface area contributed by atoms with Crippen LogP contribution in [0.15, 0.2) is 29.2 Å². The lowest BCUT2D eigenvalue weighted by Gasteiger charge is -2.18. The van der Waals surface area contributed by atoms with Gasteiger partial charge in [0.05, 0.1) is 10.9 Å². The Morgan fingerprint density at radius 1 is 1.29 bits per heavy atom. The first-order valence-corrected chi connectivity index (χ1v) is 9.80. The molecule has 1 saturated carbocycles. The van der Waals surface area contributed by atoms with Crippen LogP contribution >= 0.6 is 0 Å². The molecule has 28 heavy (non-hydrogen) atoms. The maximum Gasteiger partial charge on any atom is 0.267 e. The van der Waals surface area contributed by atoms with Gasteiger partial charge in [0, 0.05) is 18.3 Å². The lowest BCUT2D eigenvalue weighted by molar-refractivity contribution is 0.0935. The van der Waals surface area contributed by atoms with E-state index < -0.39 is 0 Å². The summed E-state index contributed by atoms with van der Waals surface area (Å²) < 4.78 is 3.17. The van der Waals surface area contributed by atoms with Crippen LogP contribution in [-0.4, -0.2) is 25.9 Å². The molecule has 1 amide bonds. The molecule has 3 heterocycles. The zero-order valence-corrected chi connectivity index (χ0v) is 16.5. The standard InChI is InChI=1S/C21H25N5O2/c1-12(2)26-18(22)15(20(27)23-14-6-4-5-7-14)10-16-19(26)24-17-9-8-13(3)11-25(17)21(16)28/h8-12,14,22H,4-7H2,1-3H3,(H,23,27). The maximum atomic E-state index is 13.2. The Morgan fingerprint density at radius 3 is 2.68 bits per heavy atom. The predicted octanol–water partition coefficient (Wildman–Crippen LogP) is 2.69. The summed E-state index contributed by atoms with van der Waals surface area (Å²) in [4.78, 5) is 30.7. The minimum absolute atomic E-state index is 0.0846. The normalized spacial score (nSPS) is 15.0. The number of aryl methyl sites for hydroxylation is 1. The molecule has 3 aromatic rings. The third-order valence-electron chi connectivity index (χ3n) is 5.45. The third kappa shape index (κ3) is 3.00. The zero-order chi connectivity index (χ0) is 20.0. The fourth-order valence-electron chi connectivity index (χ4n) is 4.01. The van der Waals surface area contributed by atoms with Crippen molar-refractivity contribution in [3.8, 4) is 0 Å². The fourth-order valence-corrected chi connectivity index (χ4v) is 4.01. The Kier molecular flexibility index (Phi) is 4.53. The number of pyridine rings is 2. The van der Waals surface area contributed by atoms with E-state index in [9.17, 15) is 9.59 Å². The van der Waals surface area contributed by atoms with E-state index in [1.165, 1.54) is 10.5 Å². The lowest BCUT2D eigenvalue weighted by Crippen LogP contribution is -2.39. The summed E-state index contributed by atoms with van der Waals surface area (Å²) in [5, 5.41) is 12.0. The summed E-state index contributed by atoms with van der Waals surface area (Å²) in [6.07, 6.45) is 5.89. The van der Waals surface area contributed by atoms with Crippen molar-refractivity contribution in [3.05, 3.63) is 51.4 Å². The van der Waals surface area contributed by atoms with Gasteiger partial charge in [-0.1, -0.05) is 18.9 Å². The number of nitrogens with one attached hydrogen (secondary N) is 2. The average molecular weight is 379 g/mol. The van der Waals surface area contributed by atoms with Crippen molar-refractivity contribution in [1.82, 2.24) is 19.3 Å². The predicted molar refractivity (Wildman–Crippen MR) is 108 cm³/mol. The number of amides is 1. The van der Waals surface area contributed by atoms with Gasteiger partial charge in [0.25, 0.3) is 11.5 Å². The van der Waals surface area contributed by atoms with Crippen LogP contribution in [-0.2, 0) is 0 Å². The van der Waals surface area contributed by atoms with Crippen molar-refractivity contribution in [2.75, 3.05) is 0 Å². The Labute approximate surface area is 162 Å². The van der Waals surface area contributed by atoms with E-state index in [0.29, 0.717) is 16.7 Å². The summed E-state index contributed by atoms with van der Waals surface area (Å²) in [5.74, 6) is -0.290. The van der Waals surface area contributed by atoms with Crippen LogP contribution in [0.1, 0.15) is 61.5 Å². The number of hydrogen-bond acceptors (Lipinski definition) is 4. The molecule has 0 radical (unpaired) electrons. The molecular formula is C21H25N5O2. The van der Waals surface area contributed by atoms with Gasteiger partial charge in [-0.2, -0.15) is 0 Å². The van der Waals surface area contributed by atoms with Gasteiger partial charge in [-0.25, -0.2) is 4.98 Å². The molecule has 0 spiro atoms. The van der Waals surface area contributed by atoms with Gasteiger partial charge in [0.1, 0.15) is 16.8 Å². The summed E-state index contributed by atoms with van der Waals surface area (Å²) in [5.41, 5.74) is 1.99. The molecule has 0 saturated heterocycles. The van der Waals surface area contributed by atoms with Gasteiger partial charge in [-0.05, 0) is 51.3 Å². The molecule has 7 nitrogen and oxygen atoms in total. The van der Waals surface area contributed by atoms with E-state index in [1.807, 2.05) is 26.8 Å². The smallest absolute Gasteiger partial charge is 0.267 e. The number of hydrogen-bond donors (Lipinski definition) is 2. The highest BCUT2D eigenvalue weighted by molar-refractivity contribution is 5.97. The first-order valence-electron chi connectivity index (χ1n) is 9.80. The largest absolute Gasteiger partial charge is 0.349 e. The number of nitrogens with zero attached hydrogens (tertiary/aromatic N) is 3. The average Bonchev–Trinajstić information content (AvgIpc) is 3.14. The van der Waals surface area contributed by atoms with Crippen LogP contribution in [0.25, 0.3) is 16.7 Å². The second-order valence-corrected chi connectivity index (χ2v) is 7.91. The van der Waals surface area contributed by atoms with Gasteiger partial charge >= 0.3 is 0 Å². The van der Waals surface area contributed by atoms with Crippen LogP contribution in [0.5, 0.6) is 0 Å². The molecule has 3 aromatic heterocycles. The number of carbonyl (C=O) groups is 1. The molecule has 4 rings (SSSR count). The van der Waals surface area contributed by atoms with E-state index in [0.717, 1.165) is 31.2 Å². The minimum atomic E-state index is -0.290. The second-order valence-electron chi connectivity index (χ2n) is 7.91. The van der Waals surface area contributed by atoms with Crippen molar-refractivity contribution in [2.24, 2.45) is 0 Å². The molecule has 2 N–H and O–H groups in total. The van der Waals surface area contributed by atoms with Gasteiger partial charge in [0.2, 0.25) is 0 Å². The monoisotopic (exact) mass is 379 g/mol. The molecular weight excluding hydrogens is 354 g/mol. The van der Waals surface area contributed by atoms with Crippen molar-refractivity contribution in [2.45, 2.75) is 58.5 Å². The first-order chi connectivity index (χ1) is 13.4. The van der Waals surface area contributed by atoms with E-state index in [2.05, 4.69) is 10.3 Å². The molecule has 1 fully saturated rings. The van der Waals surface area contributed by atoms with Crippen LogP contribution in [0.3, 0.4) is 0 Å². The van der Waals surface area contributed by atoms with E-state index in [-0.39, 0.29) is 34.6 Å². The highest BCUT2D eigenvalue weighted by Gasteiger charge is 2.22. The lowest BCUT2D eigenvalue weighted by atomic mass is 10.1. The summed E-state index contributed by atoms with van der Waals surface area (Å²) in [6.45, 7) is 5.77. The molecule has 0 aliphatic heterocycles. The van der Waals surface area contributed by atoms with E-state index in [4.69, 9.17) is 5.41 Å². The number of aromatic nitrogens is 3. The maximum absolute atomic E-state index is 13.2. The number of rotatable bonds is 3. The van der Waals surface area contributed by atoms with Crippen LogP contribution in [0, 0.1) is 12.3 Å². The summed E-state index contributed by atoms with van der Waals surface area (Å²) >= 11 is 0. The Morgan fingerprint density at radius 2 is 2.00 bits per heavy atom. The van der Waals surface area contributed by atoms with Crippen LogP contribution < -0.4 is 16.4 Å². The third-order valence-corrected chi connectivity index (χ3v) is 5.45. The quantitative estimate of drug-likeness (QED) is 0.685. The molecule has 0 bridgehead atoms. The first kappa shape index (κ1) is 18.4. The Bertz CT molecular complexity index is 1200. The second kappa shape index (κ2) is 6.89. The Hall–Kier alpha value is -2.96. The Balaban J connectivity index is 1.98. The van der Waals surface area contributed by atoms with Crippen molar-refractivity contribution in [1.29, 1.82) is 5.41 Å². The van der Waals surface area contributed by atoms with Crippen molar-refractivity contribution >= 4 is 22.6 Å². The molecule has 1 aliphatic rings. The molecule has 146 valence electrons. The number of fused-ring (bicyclic) bond motifs is 2. The highest BCUT2D eigenvalue weighted by atomic mass is 16.2. The van der Waals surface area contributed by atoms with Gasteiger partial charge in [-0.15, -0.1) is 0 Å². The summed E-state index contributed by atoms with van der Waals surface area (Å²) in [6, 6.07) is 5.26. The van der Waals surface area contributed by atoms with E-state index in [1.54, 1.807) is 16.8 Å². The topological polar surface area (TPSA) is 92.2 Å². The van der Waals surface area contributed by atoms with E-state index >= 15 is 0 Å². The fraction of sp³-hybridized carbons (Fsp3) is 0.429. The van der Waals surface area contributed by atoms with Gasteiger partial charge in [0.15, 0.2) is 0 Å². The molecule has 0 aromatic carbocycles. The molecule has 0 atom stereocenters. The molecule has 7 heteroatoms. The minimum Gasteiger partial charge on any atom is -0.349 e. The van der Waals surface area contributed by atoms with Gasteiger partial charge < -0.3 is 9.88 Å². The zero-order valence-electron chi connectivity index (χ0n) is 16.5.